The second-order valence-electron chi connectivity index (χ2n) is 3.84. The molecule has 0 spiro atoms. The number of nitrogens with one attached hydrogen (secondary N) is 1. The summed E-state index contributed by atoms with van der Waals surface area (Å²) in [6, 6.07) is 6.32. The highest BCUT2D eigenvalue weighted by Gasteiger charge is 2.11. The predicted molar refractivity (Wildman–Crippen MR) is 68.7 cm³/mol. The SMILES string of the molecule is CCCNS(=O)(=O)Cc1ccc(C(=O)OC)cc1. The van der Waals surface area contributed by atoms with Crippen molar-refractivity contribution in [1.82, 2.24) is 4.72 Å². The number of hydrogen-bond donors (Lipinski definition) is 1. The molecule has 1 aromatic rings. The minimum atomic E-state index is -3.30. The van der Waals surface area contributed by atoms with Gasteiger partial charge in [0.25, 0.3) is 0 Å². The smallest absolute Gasteiger partial charge is 0.337 e. The van der Waals surface area contributed by atoms with Crippen molar-refractivity contribution in [2.24, 2.45) is 0 Å². The van der Waals surface area contributed by atoms with Gasteiger partial charge in [-0.15, -0.1) is 0 Å². The van der Waals surface area contributed by atoms with Gasteiger partial charge in [0.15, 0.2) is 0 Å². The van der Waals surface area contributed by atoms with Crippen LogP contribution in [0.4, 0.5) is 0 Å². The molecular formula is C12H17NO4S. The van der Waals surface area contributed by atoms with Crippen LogP contribution in [-0.4, -0.2) is 28.0 Å². The van der Waals surface area contributed by atoms with Gasteiger partial charge in [-0.2, -0.15) is 0 Å². The molecule has 18 heavy (non-hydrogen) atoms. The van der Waals surface area contributed by atoms with Crippen molar-refractivity contribution in [2.45, 2.75) is 19.1 Å². The Hall–Kier alpha value is -1.40. The summed E-state index contributed by atoms with van der Waals surface area (Å²) in [6.07, 6.45) is 0.751. The van der Waals surface area contributed by atoms with Crippen molar-refractivity contribution in [2.75, 3.05) is 13.7 Å². The van der Waals surface area contributed by atoms with Crippen molar-refractivity contribution in [3.63, 3.8) is 0 Å². The Morgan fingerprint density at radius 3 is 2.39 bits per heavy atom. The number of carbonyl (C=O) groups is 1. The Morgan fingerprint density at radius 2 is 1.89 bits per heavy atom. The van der Waals surface area contributed by atoms with Gasteiger partial charge in [-0.25, -0.2) is 17.9 Å². The Bertz CT molecular complexity index is 493. The summed E-state index contributed by atoms with van der Waals surface area (Å²) in [4.78, 5) is 11.2. The van der Waals surface area contributed by atoms with Gasteiger partial charge >= 0.3 is 5.97 Å². The second-order valence-corrected chi connectivity index (χ2v) is 5.65. The summed E-state index contributed by atoms with van der Waals surface area (Å²) < 4.78 is 30.3. The van der Waals surface area contributed by atoms with Gasteiger partial charge in [0.2, 0.25) is 10.0 Å². The minimum absolute atomic E-state index is 0.0888. The fourth-order valence-electron chi connectivity index (χ4n) is 1.38. The van der Waals surface area contributed by atoms with Crippen LogP contribution in [0.3, 0.4) is 0 Å². The van der Waals surface area contributed by atoms with Gasteiger partial charge in [0, 0.05) is 6.54 Å². The van der Waals surface area contributed by atoms with Gasteiger partial charge in [0.05, 0.1) is 18.4 Å². The molecule has 0 aromatic heterocycles. The number of ether oxygens (including phenoxy) is 1. The third-order valence-corrected chi connectivity index (χ3v) is 3.66. The summed E-state index contributed by atoms with van der Waals surface area (Å²) in [7, 11) is -2.00. The fraction of sp³-hybridized carbons (Fsp3) is 0.417. The predicted octanol–water partition coefficient (Wildman–Crippen LogP) is 1.30. The third kappa shape index (κ3) is 4.46. The maximum absolute atomic E-state index is 11.6. The molecule has 0 amide bonds. The highest BCUT2D eigenvalue weighted by atomic mass is 32.2. The summed E-state index contributed by atoms with van der Waals surface area (Å²) in [6.45, 7) is 2.33. The molecule has 100 valence electrons. The lowest BCUT2D eigenvalue weighted by Crippen LogP contribution is -2.25. The zero-order valence-corrected chi connectivity index (χ0v) is 11.3. The van der Waals surface area contributed by atoms with E-state index in [0.29, 0.717) is 17.7 Å². The summed E-state index contributed by atoms with van der Waals surface area (Å²) >= 11 is 0. The van der Waals surface area contributed by atoms with Crippen LogP contribution >= 0.6 is 0 Å². The van der Waals surface area contributed by atoms with Crippen LogP contribution in [0.15, 0.2) is 24.3 Å². The molecule has 0 saturated carbocycles. The molecule has 0 aliphatic rings. The van der Waals surface area contributed by atoms with Crippen molar-refractivity contribution in [3.05, 3.63) is 35.4 Å². The standard InChI is InChI=1S/C12H17NO4S/c1-3-8-13-18(15,16)9-10-4-6-11(7-5-10)12(14)17-2/h4-7,13H,3,8-9H2,1-2H3. The molecule has 0 radical (unpaired) electrons. The number of esters is 1. The molecule has 5 nitrogen and oxygen atoms in total. The number of benzene rings is 1. The Labute approximate surface area is 107 Å². The summed E-state index contributed by atoms with van der Waals surface area (Å²) in [5, 5.41) is 0. The maximum atomic E-state index is 11.6. The number of sulfonamides is 1. The molecule has 0 fully saturated rings. The lowest BCUT2D eigenvalue weighted by molar-refractivity contribution is 0.0600. The molecule has 0 unspecified atom stereocenters. The number of carbonyl (C=O) groups excluding carboxylic acids is 1. The molecule has 0 atom stereocenters. The van der Waals surface area contributed by atoms with E-state index in [-0.39, 0.29) is 5.75 Å². The zero-order valence-electron chi connectivity index (χ0n) is 10.5. The highest BCUT2D eigenvalue weighted by Crippen LogP contribution is 2.08. The van der Waals surface area contributed by atoms with Crippen LogP contribution in [-0.2, 0) is 20.5 Å². The van der Waals surface area contributed by atoms with Gasteiger partial charge in [-0.1, -0.05) is 19.1 Å². The monoisotopic (exact) mass is 271 g/mol. The van der Waals surface area contributed by atoms with E-state index in [2.05, 4.69) is 9.46 Å². The topological polar surface area (TPSA) is 72.5 Å². The van der Waals surface area contributed by atoms with E-state index in [1.165, 1.54) is 7.11 Å². The van der Waals surface area contributed by atoms with Crippen LogP contribution in [0.25, 0.3) is 0 Å². The Kier molecular flexibility index (Phi) is 5.30. The Balaban J connectivity index is 2.72. The van der Waals surface area contributed by atoms with Crippen LogP contribution in [0.2, 0.25) is 0 Å². The van der Waals surface area contributed by atoms with E-state index in [9.17, 15) is 13.2 Å². The van der Waals surface area contributed by atoms with E-state index in [0.717, 1.165) is 6.42 Å². The maximum Gasteiger partial charge on any atom is 0.337 e. The molecule has 0 aliphatic carbocycles. The van der Waals surface area contributed by atoms with E-state index in [1.54, 1.807) is 24.3 Å². The van der Waals surface area contributed by atoms with E-state index in [4.69, 9.17) is 0 Å². The molecule has 0 bridgehead atoms. The summed E-state index contributed by atoms with van der Waals surface area (Å²) in [5.74, 6) is -0.525. The van der Waals surface area contributed by atoms with Crippen LogP contribution in [0.1, 0.15) is 29.3 Å². The first-order valence-corrected chi connectivity index (χ1v) is 7.28. The summed E-state index contributed by atoms with van der Waals surface area (Å²) in [5.41, 5.74) is 1.03. The molecule has 6 heteroatoms. The van der Waals surface area contributed by atoms with Crippen LogP contribution in [0, 0.1) is 0 Å². The lowest BCUT2D eigenvalue weighted by atomic mass is 10.1. The first kappa shape index (κ1) is 14.7. The van der Waals surface area contributed by atoms with E-state index < -0.39 is 16.0 Å². The van der Waals surface area contributed by atoms with Crippen LogP contribution in [0.5, 0.6) is 0 Å². The van der Waals surface area contributed by atoms with E-state index in [1.807, 2.05) is 6.92 Å². The number of hydrogen-bond acceptors (Lipinski definition) is 4. The van der Waals surface area contributed by atoms with Crippen LogP contribution < -0.4 is 4.72 Å². The first-order valence-electron chi connectivity index (χ1n) is 5.63. The zero-order chi connectivity index (χ0) is 13.6. The molecule has 1 N–H and O–H groups in total. The van der Waals surface area contributed by atoms with E-state index >= 15 is 0 Å². The van der Waals surface area contributed by atoms with Crippen molar-refractivity contribution in [3.8, 4) is 0 Å². The quantitative estimate of drug-likeness (QED) is 0.792. The molecule has 1 rings (SSSR count). The van der Waals surface area contributed by atoms with Gasteiger partial charge in [0.1, 0.15) is 0 Å². The normalized spacial score (nSPS) is 11.2. The number of methoxy groups -OCH3 is 1. The molecule has 0 heterocycles. The molecule has 1 aromatic carbocycles. The minimum Gasteiger partial charge on any atom is -0.465 e. The van der Waals surface area contributed by atoms with Gasteiger partial charge in [-0.05, 0) is 24.1 Å². The molecular weight excluding hydrogens is 254 g/mol. The second kappa shape index (κ2) is 6.51. The average molecular weight is 271 g/mol. The lowest BCUT2D eigenvalue weighted by Gasteiger charge is -2.06. The third-order valence-electron chi connectivity index (χ3n) is 2.30. The average Bonchev–Trinajstić information content (AvgIpc) is 2.36. The molecule has 0 aliphatic heterocycles. The Morgan fingerprint density at radius 1 is 1.28 bits per heavy atom. The largest absolute Gasteiger partial charge is 0.465 e. The highest BCUT2D eigenvalue weighted by molar-refractivity contribution is 7.88. The first-order chi connectivity index (χ1) is 8.48. The van der Waals surface area contributed by atoms with Crippen molar-refractivity contribution < 1.29 is 17.9 Å². The fourth-order valence-corrected chi connectivity index (χ4v) is 2.63. The van der Waals surface area contributed by atoms with Crippen molar-refractivity contribution >= 4 is 16.0 Å². The number of rotatable bonds is 6. The van der Waals surface area contributed by atoms with Gasteiger partial charge in [-0.3, -0.25) is 0 Å². The van der Waals surface area contributed by atoms with Gasteiger partial charge < -0.3 is 4.74 Å². The molecule has 0 saturated heterocycles. The van der Waals surface area contributed by atoms with Crippen molar-refractivity contribution in [1.29, 1.82) is 0 Å².